The largest absolute Gasteiger partial charge is 0.455 e. The van der Waals surface area contributed by atoms with Crippen molar-refractivity contribution in [3.8, 4) is 11.3 Å². The van der Waals surface area contributed by atoms with Crippen molar-refractivity contribution < 1.29 is 9.34 Å². The second kappa shape index (κ2) is 9.46. The van der Waals surface area contributed by atoms with Gasteiger partial charge in [0.2, 0.25) is 17.8 Å². The van der Waals surface area contributed by atoms with Gasteiger partial charge in [0.1, 0.15) is 11.5 Å². The number of nitrogens with zero attached hydrogens (tertiary/aromatic N) is 7. The van der Waals surface area contributed by atoms with Gasteiger partial charge in [0.15, 0.2) is 0 Å². The molecule has 4 heterocycles. The first kappa shape index (κ1) is 21.8. The molecule has 0 amide bonds. The minimum Gasteiger partial charge on any atom is -0.455 e. The smallest absolute Gasteiger partial charge is 0.272 e. The molecule has 2 fully saturated rings. The van der Waals surface area contributed by atoms with Crippen LogP contribution < -0.4 is 15.2 Å². The second-order valence-electron chi connectivity index (χ2n) is 8.48. The van der Waals surface area contributed by atoms with Gasteiger partial charge in [-0.1, -0.05) is 0 Å². The van der Waals surface area contributed by atoms with Crippen molar-refractivity contribution in [3.63, 3.8) is 0 Å². The summed E-state index contributed by atoms with van der Waals surface area (Å²) < 4.78 is 5.84. The normalized spacial score (nSPS) is 16.0. The molecule has 0 saturated carbocycles. The Morgan fingerprint density at radius 2 is 1.65 bits per heavy atom. The van der Waals surface area contributed by atoms with Gasteiger partial charge in [0.25, 0.3) is 5.69 Å². The summed E-state index contributed by atoms with van der Waals surface area (Å²) in [4.78, 5) is 28.9. The van der Waals surface area contributed by atoms with Crippen LogP contribution in [0.25, 0.3) is 11.3 Å². The first-order valence-corrected chi connectivity index (χ1v) is 11.5. The van der Waals surface area contributed by atoms with E-state index in [9.17, 15) is 10.1 Å². The number of benzene rings is 1. The third-order valence-electron chi connectivity index (χ3n) is 6.05. The number of aromatic nitrogens is 3. The Balaban J connectivity index is 1.31. The summed E-state index contributed by atoms with van der Waals surface area (Å²) in [5.74, 6) is 2.90. The molecule has 176 valence electrons. The van der Waals surface area contributed by atoms with Crippen molar-refractivity contribution in [2.24, 2.45) is 5.10 Å². The highest BCUT2D eigenvalue weighted by atomic mass is 16.6. The monoisotopic (exact) mass is 462 g/mol. The van der Waals surface area contributed by atoms with Crippen LogP contribution in [-0.4, -0.2) is 52.3 Å². The maximum atomic E-state index is 11.0. The molecule has 0 aliphatic carbocycles. The van der Waals surface area contributed by atoms with Crippen LogP contribution in [0.15, 0.2) is 39.9 Å². The number of hydrogen-bond acceptors (Lipinski definition) is 10. The fourth-order valence-corrected chi connectivity index (χ4v) is 4.27. The van der Waals surface area contributed by atoms with Crippen LogP contribution in [-0.2, 0) is 0 Å². The molecule has 1 aromatic carbocycles. The van der Waals surface area contributed by atoms with Crippen LogP contribution in [0.5, 0.6) is 0 Å². The lowest BCUT2D eigenvalue weighted by molar-refractivity contribution is -0.385. The zero-order chi connectivity index (χ0) is 23.5. The van der Waals surface area contributed by atoms with Crippen molar-refractivity contribution in [3.05, 3.63) is 51.8 Å². The maximum absolute atomic E-state index is 11.0. The Hall–Kier alpha value is -4.02. The van der Waals surface area contributed by atoms with Gasteiger partial charge in [-0.2, -0.15) is 20.1 Å². The summed E-state index contributed by atoms with van der Waals surface area (Å²) in [6, 6.07) is 8.49. The van der Waals surface area contributed by atoms with Crippen molar-refractivity contribution in [1.29, 1.82) is 0 Å². The van der Waals surface area contributed by atoms with Gasteiger partial charge in [-0.05, 0) is 56.9 Å². The molecule has 0 atom stereocenters. The van der Waals surface area contributed by atoms with Gasteiger partial charge in [-0.3, -0.25) is 10.1 Å². The Labute approximate surface area is 196 Å². The molecule has 2 saturated heterocycles. The van der Waals surface area contributed by atoms with Crippen LogP contribution in [0.1, 0.15) is 37.0 Å². The summed E-state index contributed by atoms with van der Waals surface area (Å²) in [6.45, 7) is 5.50. The highest BCUT2D eigenvalue weighted by molar-refractivity contribution is 5.78. The highest BCUT2D eigenvalue weighted by Crippen LogP contribution is 2.27. The van der Waals surface area contributed by atoms with Crippen LogP contribution in [0.4, 0.5) is 23.5 Å². The van der Waals surface area contributed by atoms with E-state index < -0.39 is 4.92 Å². The Morgan fingerprint density at radius 1 is 1.00 bits per heavy atom. The molecule has 11 nitrogen and oxygen atoms in total. The summed E-state index contributed by atoms with van der Waals surface area (Å²) in [6.07, 6.45) is 6.11. The number of aryl methyl sites for hydroxylation is 1. The first-order valence-electron chi connectivity index (χ1n) is 11.5. The SMILES string of the molecule is Cc1cc(-c2ccc(/C=N\Nc3nc(N4CCCC4)nc(N4CCCC4)n3)o2)ccc1[N+](=O)[O-]. The minimum atomic E-state index is -0.392. The van der Waals surface area contributed by atoms with Gasteiger partial charge in [0.05, 0.1) is 11.1 Å². The topological polar surface area (TPSA) is 126 Å². The van der Waals surface area contributed by atoms with Crippen LogP contribution in [0.3, 0.4) is 0 Å². The van der Waals surface area contributed by atoms with Gasteiger partial charge < -0.3 is 14.2 Å². The molecule has 11 heteroatoms. The summed E-state index contributed by atoms with van der Waals surface area (Å²) in [5.41, 5.74) is 4.34. The number of hydrazone groups is 1. The van der Waals surface area contributed by atoms with Crippen molar-refractivity contribution in [2.45, 2.75) is 32.6 Å². The summed E-state index contributed by atoms with van der Waals surface area (Å²) in [5, 5.41) is 15.3. The van der Waals surface area contributed by atoms with E-state index in [0.29, 0.717) is 34.9 Å². The predicted molar refractivity (Wildman–Crippen MR) is 129 cm³/mol. The minimum absolute atomic E-state index is 0.0836. The molecule has 3 aromatic rings. The average molecular weight is 463 g/mol. The number of hydrogen-bond donors (Lipinski definition) is 1. The zero-order valence-corrected chi connectivity index (χ0v) is 19.0. The standard InChI is InChI=1S/C23H26N8O3/c1-16-14-17(6-8-19(16)31(32)33)20-9-7-18(34-20)15-24-28-21-25-22(29-10-2-3-11-29)27-23(26-21)30-12-4-5-13-30/h6-9,14-15H,2-5,10-13H2,1H3,(H,25,26,27,28)/b24-15-. The van der Waals surface area contributed by atoms with Gasteiger partial charge >= 0.3 is 0 Å². The van der Waals surface area contributed by atoms with Gasteiger partial charge in [-0.15, -0.1) is 0 Å². The van der Waals surface area contributed by atoms with Crippen molar-refractivity contribution >= 4 is 29.7 Å². The highest BCUT2D eigenvalue weighted by Gasteiger charge is 2.21. The van der Waals surface area contributed by atoms with Gasteiger partial charge in [-0.25, -0.2) is 5.43 Å². The molecule has 2 aromatic heterocycles. The summed E-state index contributed by atoms with van der Waals surface area (Å²) >= 11 is 0. The Kier molecular flexibility index (Phi) is 6.07. The lowest BCUT2D eigenvalue weighted by Gasteiger charge is -2.20. The Bertz CT molecular complexity index is 1180. The third kappa shape index (κ3) is 4.68. The lowest BCUT2D eigenvalue weighted by atomic mass is 10.1. The molecule has 5 rings (SSSR count). The molecule has 0 bridgehead atoms. The molecular weight excluding hydrogens is 436 g/mol. The number of rotatable bonds is 7. The quantitative estimate of drug-likeness (QED) is 0.315. The fraction of sp³-hybridized carbons (Fsp3) is 0.391. The predicted octanol–water partition coefficient (Wildman–Crippen LogP) is 3.99. The molecule has 2 aliphatic heterocycles. The molecule has 0 radical (unpaired) electrons. The van der Waals surface area contributed by atoms with Gasteiger partial charge in [0, 0.05) is 43.4 Å². The van der Waals surface area contributed by atoms with Crippen molar-refractivity contribution in [2.75, 3.05) is 41.4 Å². The average Bonchev–Trinajstić information content (AvgIpc) is 3.62. The lowest BCUT2D eigenvalue weighted by Crippen LogP contribution is -2.25. The second-order valence-corrected chi connectivity index (χ2v) is 8.48. The van der Waals surface area contributed by atoms with E-state index in [2.05, 4.69) is 30.3 Å². The number of anilines is 3. The van der Waals surface area contributed by atoms with Crippen LogP contribution in [0, 0.1) is 17.0 Å². The third-order valence-corrected chi connectivity index (χ3v) is 6.05. The number of nitro benzene ring substituents is 1. The molecule has 0 spiro atoms. The van der Waals surface area contributed by atoms with E-state index in [1.807, 2.05) is 6.07 Å². The molecule has 34 heavy (non-hydrogen) atoms. The van der Waals surface area contributed by atoms with E-state index in [-0.39, 0.29) is 5.69 Å². The van der Waals surface area contributed by atoms with E-state index in [1.54, 1.807) is 31.3 Å². The Morgan fingerprint density at radius 3 is 2.24 bits per heavy atom. The van der Waals surface area contributed by atoms with E-state index in [1.165, 1.54) is 6.07 Å². The number of nitrogens with one attached hydrogen (secondary N) is 1. The van der Waals surface area contributed by atoms with E-state index in [4.69, 9.17) is 9.40 Å². The number of furan rings is 1. The van der Waals surface area contributed by atoms with Crippen LogP contribution in [0.2, 0.25) is 0 Å². The van der Waals surface area contributed by atoms with E-state index in [0.717, 1.165) is 57.4 Å². The summed E-state index contributed by atoms with van der Waals surface area (Å²) in [7, 11) is 0. The number of nitro groups is 1. The molecular formula is C23H26N8O3. The molecule has 1 N–H and O–H groups in total. The molecule has 0 unspecified atom stereocenters. The zero-order valence-electron chi connectivity index (χ0n) is 19.0. The van der Waals surface area contributed by atoms with Crippen LogP contribution >= 0.6 is 0 Å². The maximum Gasteiger partial charge on any atom is 0.272 e. The molecule has 2 aliphatic rings. The van der Waals surface area contributed by atoms with E-state index >= 15 is 0 Å². The first-order chi connectivity index (χ1) is 16.6. The van der Waals surface area contributed by atoms with Crippen molar-refractivity contribution in [1.82, 2.24) is 15.0 Å². The fourth-order valence-electron chi connectivity index (χ4n) is 4.27.